The molecule has 1 saturated heterocycles. The molecule has 0 radical (unpaired) electrons. The number of hydrogen-bond acceptors (Lipinski definition) is 7. The smallest absolute Gasteiger partial charge is 0.253 e. The van der Waals surface area contributed by atoms with Gasteiger partial charge in [0.25, 0.3) is 5.91 Å². The van der Waals surface area contributed by atoms with Crippen molar-refractivity contribution in [2.45, 2.75) is 26.3 Å². The molecule has 1 aromatic carbocycles. The molecule has 0 spiro atoms. The summed E-state index contributed by atoms with van der Waals surface area (Å²) in [6.45, 7) is 7.74. The maximum Gasteiger partial charge on any atom is 0.253 e. The van der Waals surface area contributed by atoms with E-state index in [0.29, 0.717) is 30.4 Å². The lowest BCUT2D eigenvalue weighted by Crippen LogP contribution is -2.48. The zero-order valence-electron chi connectivity index (χ0n) is 16.0. The molecule has 146 valence electrons. The molecule has 1 fully saturated rings. The molecule has 1 aliphatic rings. The highest BCUT2D eigenvalue weighted by atomic mass is 16.5. The Morgan fingerprint density at radius 1 is 1.18 bits per heavy atom. The lowest BCUT2D eigenvalue weighted by Gasteiger charge is -2.34. The Bertz CT molecular complexity index is 910. The van der Waals surface area contributed by atoms with Gasteiger partial charge in [-0.15, -0.1) is 0 Å². The molecule has 9 heteroatoms. The van der Waals surface area contributed by atoms with Gasteiger partial charge in [0.15, 0.2) is 0 Å². The van der Waals surface area contributed by atoms with Gasteiger partial charge in [-0.05, 0) is 12.1 Å². The molecule has 1 amide bonds. The van der Waals surface area contributed by atoms with E-state index in [4.69, 9.17) is 4.52 Å². The average Bonchev–Trinajstić information content (AvgIpc) is 3.40. The molecule has 1 N–H and O–H groups in total. The monoisotopic (exact) mass is 381 g/mol. The second-order valence-electron chi connectivity index (χ2n) is 7.19. The minimum absolute atomic E-state index is 0.0434. The number of aromatic nitrogens is 5. The van der Waals surface area contributed by atoms with Gasteiger partial charge >= 0.3 is 0 Å². The van der Waals surface area contributed by atoms with Gasteiger partial charge in [-0.2, -0.15) is 10.1 Å². The van der Waals surface area contributed by atoms with Crippen molar-refractivity contribution in [1.82, 2.24) is 35.1 Å². The molecule has 0 bridgehead atoms. The first-order valence-electron chi connectivity index (χ1n) is 9.40. The van der Waals surface area contributed by atoms with Crippen LogP contribution in [0.3, 0.4) is 0 Å². The van der Waals surface area contributed by atoms with E-state index in [2.05, 4.69) is 30.2 Å². The van der Waals surface area contributed by atoms with Crippen LogP contribution in [0.25, 0.3) is 11.4 Å². The molecule has 2 aromatic heterocycles. The fourth-order valence-electron chi connectivity index (χ4n) is 3.16. The fraction of sp³-hybridized carbons (Fsp3) is 0.421. The van der Waals surface area contributed by atoms with Gasteiger partial charge in [0.05, 0.1) is 6.54 Å². The average molecular weight is 381 g/mol. The van der Waals surface area contributed by atoms with Gasteiger partial charge in [-0.3, -0.25) is 14.8 Å². The Morgan fingerprint density at radius 2 is 1.93 bits per heavy atom. The second-order valence-corrected chi connectivity index (χ2v) is 7.19. The number of amides is 1. The van der Waals surface area contributed by atoms with E-state index in [0.717, 1.165) is 31.0 Å². The highest BCUT2D eigenvalue weighted by Gasteiger charge is 2.23. The summed E-state index contributed by atoms with van der Waals surface area (Å²) in [4.78, 5) is 25.5. The number of carbonyl (C=O) groups is 1. The lowest BCUT2D eigenvalue weighted by molar-refractivity contribution is 0.0625. The Morgan fingerprint density at radius 3 is 2.54 bits per heavy atom. The Kier molecular flexibility index (Phi) is 5.16. The molecule has 0 saturated carbocycles. The summed E-state index contributed by atoms with van der Waals surface area (Å²) >= 11 is 0. The van der Waals surface area contributed by atoms with Crippen molar-refractivity contribution < 1.29 is 9.32 Å². The summed E-state index contributed by atoms with van der Waals surface area (Å²) in [5, 5.41) is 10.7. The van der Waals surface area contributed by atoms with Crippen LogP contribution in [0, 0.1) is 0 Å². The van der Waals surface area contributed by atoms with E-state index in [-0.39, 0.29) is 11.8 Å². The van der Waals surface area contributed by atoms with Gasteiger partial charge in [0.1, 0.15) is 12.2 Å². The van der Waals surface area contributed by atoms with E-state index < -0.39 is 0 Å². The van der Waals surface area contributed by atoms with Gasteiger partial charge < -0.3 is 9.42 Å². The number of nitrogens with one attached hydrogen (secondary N) is 1. The van der Waals surface area contributed by atoms with Crippen LogP contribution in [0.4, 0.5) is 0 Å². The fourth-order valence-corrected chi connectivity index (χ4v) is 3.16. The molecule has 3 aromatic rings. The SMILES string of the molecule is CC(C)c1nc(-c2ccc(C(=O)N3CCN(Cc4ncn[nH]4)CC3)cc2)no1. The molecule has 0 unspecified atom stereocenters. The summed E-state index contributed by atoms with van der Waals surface area (Å²) in [6, 6.07) is 7.37. The summed E-state index contributed by atoms with van der Waals surface area (Å²) in [6.07, 6.45) is 1.51. The number of hydrogen-bond donors (Lipinski definition) is 1. The molecule has 28 heavy (non-hydrogen) atoms. The van der Waals surface area contributed by atoms with Crippen molar-refractivity contribution in [3.63, 3.8) is 0 Å². The highest BCUT2D eigenvalue weighted by molar-refractivity contribution is 5.94. The first kappa shape index (κ1) is 18.3. The quantitative estimate of drug-likeness (QED) is 0.720. The van der Waals surface area contributed by atoms with Crippen LogP contribution in [-0.4, -0.2) is 67.2 Å². The number of benzene rings is 1. The molecular formula is C19H23N7O2. The first-order valence-corrected chi connectivity index (χ1v) is 9.40. The molecule has 0 aliphatic carbocycles. The number of H-pyrrole nitrogens is 1. The van der Waals surface area contributed by atoms with Crippen LogP contribution in [0.5, 0.6) is 0 Å². The summed E-state index contributed by atoms with van der Waals surface area (Å²) in [5.41, 5.74) is 1.50. The predicted octanol–water partition coefficient (Wildman–Crippen LogP) is 1.94. The van der Waals surface area contributed by atoms with Crippen molar-refractivity contribution in [3.8, 4) is 11.4 Å². The minimum Gasteiger partial charge on any atom is -0.339 e. The molecule has 4 rings (SSSR count). The molecular weight excluding hydrogens is 358 g/mol. The van der Waals surface area contributed by atoms with Gasteiger partial charge in [-0.1, -0.05) is 31.1 Å². The van der Waals surface area contributed by atoms with Crippen molar-refractivity contribution in [1.29, 1.82) is 0 Å². The predicted molar refractivity (Wildman–Crippen MR) is 101 cm³/mol. The molecule has 0 atom stereocenters. The number of nitrogens with zero attached hydrogens (tertiary/aromatic N) is 6. The van der Waals surface area contributed by atoms with Crippen LogP contribution >= 0.6 is 0 Å². The van der Waals surface area contributed by atoms with Crippen molar-refractivity contribution in [2.75, 3.05) is 26.2 Å². The van der Waals surface area contributed by atoms with Crippen LogP contribution in [-0.2, 0) is 6.54 Å². The minimum atomic E-state index is 0.0434. The standard InChI is InChI=1S/C19H23N7O2/c1-13(2)18-22-17(24-28-18)14-3-5-15(6-4-14)19(27)26-9-7-25(8-10-26)11-16-20-12-21-23-16/h3-6,12-13H,7-11H2,1-2H3,(H,20,21,23). The van der Waals surface area contributed by atoms with Crippen LogP contribution in [0.2, 0.25) is 0 Å². The highest BCUT2D eigenvalue weighted by Crippen LogP contribution is 2.20. The van der Waals surface area contributed by atoms with Crippen molar-refractivity contribution in [3.05, 3.63) is 47.9 Å². The Hall–Kier alpha value is -3.07. The third-order valence-corrected chi connectivity index (χ3v) is 4.82. The van der Waals surface area contributed by atoms with Crippen LogP contribution in [0.15, 0.2) is 35.1 Å². The maximum atomic E-state index is 12.8. The maximum absolute atomic E-state index is 12.8. The van der Waals surface area contributed by atoms with Crippen LogP contribution < -0.4 is 0 Å². The zero-order valence-corrected chi connectivity index (χ0v) is 16.0. The third kappa shape index (κ3) is 3.94. The third-order valence-electron chi connectivity index (χ3n) is 4.82. The van der Waals surface area contributed by atoms with Crippen molar-refractivity contribution in [2.24, 2.45) is 0 Å². The molecule has 9 nitrogen and oxygen atoms in total. The van der Waals surface area contributed by atoms with Crippen LogP contribution in [0.1, 0.15) is 41.8 Å². The van der Waals surface area contributed by atoms with Gasteiger partial charge in [0.2, 0.25) is 11.7 Å². The normalized spacial score (nSPS) is 15.3. The van der Waals surface area contributed by atoms with E-state index in [9.17, 15) is 4.79 Å². The number of rotatable bonds is 5. The second kappa shape index (κ2) is 7.89. The largest absolute Gasteiger partial charge is 0.339 e. The summed E-state index contributed by atoms with van der Waals surface area (Å²) in [5.74, 6) is 2.23. The summed E-state index contributed by atoms with van der Waals surface area (Å²) in [7, 11) is 0. The Balaban J connectivity index is 1.36. The van der Waals surface area contributed by atoms with E-state index in [1.807, 2.05) is 43.0 Å². The number of piperazine rings is 1. The summed E-state index contributed by atoms with van der Waals surface area (Å²) < 4.78 is 5.25. The number of aromatic amines is 1. The van der Waals surface area contributed by atoms with Gasteiger partial charge in [0, 0.05) is 43.2 Å². The molecule has 1 aliphatic heterocycles. The lowest BCUT2D eigenvalue weighted by atomic mass is 10.1. The Labute approximate surface area is 162 Å². The first-order chi connectivity index (χ1) is 13.6. The van der Waals surface area contributed by atoms with E-state index >= 15 is 0 Å². The topological polar surface area (TPSA) is 104 Å². The van der Waals surface area contributed by atoms with Crippen molar-refractivity contribution >= 4 is 5.91 Å². The van der Waals surface area contributed by atoms with E-state index in [1.165, 1.54) is 6.33 Å². The van der Waals surface area contributed by atoms with E-state index in [1.54, 1.807) is 0 Å². The number of carbonyl (C=O) groups excluding carboxylic acids is 1. The molecule has 3 heterocycles. The zero-order chi connectivity index (χ0) is 19.5. The van der Waals surface area contributed by atoms with Gasteiger partial charge in [-0.25, -0.2) is 4.98 Å².